The Morgan fingerprint density at radius 1 is 1.05 bits per heavy atom. The van der Waals surface area contributed by atoms with Gasteiger partial charge in [-0.3, -0.25) is 4.57 Å². The van der Waals surface area contributed by atoms with Gasteiger partial charge in [-0.25, -0.2) is 9.97 Å². The molecule has 3 rings (SSSR count). The van der Waals surface area contributed by atoms with Crippen LogP contribution in [0.5, 0.6) is 0 Å². The van der Waals surface area contributed by atoms with Crippen LogP contribution >= 0.6 is 34.8 Å². The van der Waals surface area contributed by atoms with Crippen molar-refractivity contribution >= 4 is 51.9 Å². The first-order valence-corrected chi connectivity index (χ1v) is 6.44. The highest BCUT2D eigenvalue weighted by Gasteiger charge is 2.12. The predicted octanol–water partition coefficient (Wildman–Crippen LogP) is 3.96. The minimum Gasteiger partial charge on any atom is -0.369 e. The van der Waals surface area contributed by atoms with Gasteiger partial charge in [0.2, 0.25) is 5.95 Å². The van der Waals surface area contributed by atoms with Crippen molar-refractivity contribution in [3.05, 3.63) is 45.5 Å². The Bertz CT molecular complexity index is 782. The molecular weight excluding hydrogens is 307 g/mol. The van der Waals surface area contributed by atoms with E-state index in [0.717, 1.165) is 5.69 Å². The van der Waals surface area contributed by atoms with Gasteiger partial charge in [-0.05, 0) is 24.3 Å². The van der Waals surface area contributed by atoms with Crippen LogP contribution in [0.15, 0.2) is 30.5 Å². The lowest BCUT2D eigenvalue weighted by Gasteiger charge is -2.06. The van der Waals surface area contributed by atoms with Crippen molar-refractivity contribution in [1.82, 2.24) is 14.5 Å². The van der Waals surface area contributed by atoms with Gasteiger partial charge in [0.05, 0.1) is 20.8 Å². The maximum Gasteiger partial charge on any atom is 0.207 e. The Morgan fingerprint density at radius 3 is 2.58 bits per heavy atom. The van der Waals surface area contributed by atoms with E-state index in [1.54, 1.807) is 35.0 Å². The van der Waals surface area contributed by atoms with Crippen LogP contribution in [-0.2, 0) is 0 Å². The number of aromatic nitrogens is 3. The lowest BCUT2D eigenvalue weighted by atomic mass is 10.3. The molecule has 0 aliphatic rings. The molecule has 4 nitrogen and oxygen atoms in total. The van der Waals surface area contributed by atoms with E-state index >= 15 is 0 Å². The number of nitrogens with zero attached hydrogens (tertiary/aromatic N) is 3. The molecule has 19 heavy (non-hydrogen) atoms. The van der Waals surface area contributed by atoms with Crippen molar-refractivity contribution in [2.75, 3.05) is 5.73 Å². The number of rotatable bonds is 1. The standard InChI is InChI=1S/C12H7Cl3N4/c13-6-3-10-11(17-5-6)19(12(16)18-10)7-1-2-8(14)9(15)4-7/h1-5H,(H2,16,18). The largest absolute Gasteiger partial charge is 0.369 e. The van der Waals surface area contributed by atoms with Crippen LogP contribution in [0.3, 0.4) is 0 Å². The molecule has 3 aromatic rings. The van der Waals surface area contributed by atoms with Crippen LogP contribution in [0.1, 0.15) is 0 Å². The van der Waals surface area contributed by atoms with Gasteiger partial charge in [0, 0.05) is 6.20 Å². The summed E-state index contributed by atoms with van der Waals surface area (Å²) >= 11 is 17.8. The Kier molecular flexibility index (Phi) is 3.01. The third kappa shape index (κ3) is 2.12. The molecule has 2 aromatic heterocycles. The molecule has 0 unspecified atom stereocenters. The van der Waals surface area contributed by atoms with Gasteiger partial charge in [-0.2, -0.15) is 0 Å². The molecule has 7 heteroatoms. The summed E-state index contributed by atoms with van der Waals surface area (Å²) in [6.45, 7) is 0. The van der Waals surface area contributed by atoms with Crippen molar-refractivity contribution in [1.29, 1.82) is 0 Å². The van der Waals surface area contributed by atoms with E-state index in [4.69, 9.17) is 40.5 Å². The minimum atomic E-state index is 0.308. The van der Waals surface area contributed by atoms with Crippen LogP contribution in [0.25, 0.3) is 16.9 Å². The van der Waals surface area contributed by atoms with Crippen molar-refractivity contribution in [3.63, 3.8) is 0 Å². The van der Waals surface area contributed by atoms with Crippen molar-refractivity contribution < 1.29 is 0 Å². The van der Waals surface area contributed by atoms with Crippen LogP contribution in [0.2, 0.25) is 15.1 Å². The number of pyridine rings is 1. The molecule has 0 saturated heterocycles. The fraction of sp³-hybridized carbons (Fsp3) is 0. The molecule has 96 valence electrons. The summed E-state index contributed by atoms with van der Waals surface area (Å²) in [6.07, 6.45) is 1.54. The van der Waals surface area contributed by atoms with E-state index in [1.165, 1.54) is 0 Å². The van der Waals surface area contributed by atoms with Gasteiger partial charge >= 0.3 is 0 Å². The molecule has 0 atom stereocenters. The summed E-state index contributed by atoms with van der Waals surface area (Å²) in [6, 6.07) is 6.90. The van der Waals surface area contributed by atoms with Crippen LogP contribution in [0, 0.1) is 0 Å². The fourth-order valence-electron chi connectivity index (χ4n) is 1.84. The molecule has 0 aliphatic carbocycles. The van der Waals surface area contributed by atoms with Gasteiger partial charge in [-0.1, -0.05) is 34.8 Å². The summed E-state index contributed by atoms with van der Waals surface area (Å²) in [5, 5.41) is 1.42. The Morgan fingerprint density at radius 2 is 1.84 bits per heavy atom. The van der Waals surface area contributed by atoms with Crippen molar-refractivity contribution in [3.8, 4) is 5.69 Å². The maximum atomic E-state index is 6.01. The van der Waals surface area contributed by atoms with E-state index < -0.39 is 0 Å². The number of nitrogen functional groups attached to an aromatic ring is 1. The third-order valence-corrected chi connectivity index (χ3v) is 3.60. The van der Waals surface area contributed by atoms with Gasteiger partial charge in [0.1, 0.15) is 5.52 Å². The molecule has 0 aliphatic heterocycles. The predicted molar refractivity (Wildman–Crippen MR) is 78.3 cm³/mol. The van der Waals surface area contributed by atoms with Gasteiger partial charge in [0.25, 0.3) is 0 Å². The zero-order valence-corrected chi connectivity index (χ0v) is 11.7. The second kappa shape index (κ2) is 4.56. The average molecular weight is 314 g/mol. The van der Waals surface area contributed by atoms with E-state index in [9.17, 15) is 0 Å². The molecule has 0 radical (unpaired) electrons. The van der Waals surface area contributed by atoms with E-state index in [1.807, 2.05) is 0 Å². The SMILES string of the molecule is Nc1nc2cc(Cl)cnc2n1-c1ccc(Cl)c(Cl)c1. The van der Waals surface area contributed by atoms with Gasteiger partial charge in [0.15, 0.2) is 5.65 Å². The lowest BCUT2D eigenvalue weighted by Crippen LogP contribution is -2.01. The first-order valence-electron chi connectivity index (χ1n) is 5.31. The average Bonchev–Trinajstić information content (AvgIpc) is 2.68. The van der Waals surface area contributed by atoms with E-state index in [-0.39, 0.29) is 0 Å². The number of imidazole rings is 1. The topological polar surface area (TPSA) is 56.7 Å². The Hall–Kier alpha value is -1.49. The number of fused-ring (bicyclic) bond motifs is 1. The van der Waals surface area contributed by atoms with Gasteiger partial charge < -0.3 is 5.73 Å². The monoisotopic (exact) mass is 312 g/mol. The van der Waals surface area contributed by atoms with Gasteiger partial charge in [-0.15, -0.1) is 0 Å². The lowest BCUT2D eigenvalue weighted by molar-refractivity contribution is 1.08. The quantitative estimate of drug-likeness (QED) is 0.739. The Labute approximate surface area is 123 Å². The molecule has 2 N–H and O–H groups in total. The molecule has 0 spiro atoms. The van der Waals surface area contributed by atoms with Crippen LogP contribution in [0.4, 0.5) is 5.95 Å². The smallest absolute Gasteiger partial charge is 0.207 e. The highest BCUT2D eigenvalue weighted by atomic mass is 35.5. The fourth-order valence-corrected chi connectivity index (χ4v) is 2.28. The molecule has 0 bridgehead atoms. The number of hydrogen-bond acceptors (Lipinski definition) is 3. The summed E-state index contributed by atoms with van der Waals surface area (Å²) in [4.78, 5) is 8.46. The maximum absolute atomic E-state index is 6.01. The highest BCUT2D eigenvalue weighted by Crippen LogP contribution is 2.28. The summed E-state index contributed by atoms with van der Waals surface area (Å²) in [5.74, 6) is 0.308. The van der Waals surface area contributed by atoms with E-state index in [2.05, 4.69) is 9.97 Å². The number of halogens is 3. The first kappa shape index (κ1) is 12.5. The summed E-state index contributed by atoms with van der Waals surface area (Å²) in [7, 11) is 0. The normalized spacial score (nSPS) is 11.1. The second-order valence-corrected chi connectivity index (χ2v) is 5.15. The zero-order chi connectivity index (χ0) is 13.6. The van der Waals surface area contributed by atoms with Crippen LogP contribution < -0.4 is 5.73 Å². The highest BCUT2D eigenvalue weighted by molar-refractivity contribution is 6.42. The number of benzene rings is 1. The summed E-state index contributed by atoms with van der Waals surface area (Å²) < 4.78 is 1.69. The molecule has 2 heterocycles. The van der Waals surface area contributed by atoms with Crippen molar-refractivity contribution in [2.45, 2.75) is 0 Å². The molecule has 0 amide bonds. The molecule has 0 saturated carbocycles. The van der Waals surface area contributed by atoms with E-state index in [0.29, 0.717) is 32.2 Å². The van der Waals surface area contributed by atoms with Crippen molar-refractivity contribution in [2.24, 2.45) is 0 Å². The second-order valence-electron chi connectivity index (χ2n) is 3.90. The zero-order valence-electron chi connectivity index (χ0n) is 9.44. The first-order chi connectivity index (χ1) is 9.06. The molecule has 1 aromatic carbocycles. The number of anilines is 1. The summed E-state index contributed by atoms with van der Waals surface area (Å²) in [5.41, 5.74) is 7.89. The Balaban J connectivity index is 2.29. The number of hydrogen-bond donors (Lipinski definition) is 1. The molecular formula is C12H7Cl3N4. The van der Waals surface area contributed by atoms with Crippen LogP contribution in [-0.4, -0.2) is 14.5 Å². The minimum absolute atomic E-state index is 0.308. The number of nitrogens with two attached hydrogens (primary N) is 1. The third-order valence-electron chi connectivity index (χ3n) is 2.65. The molecule has 0 fully saturated rings.